The predicted octanol–water partition coefficient (Wildman–Crippen LogP) is 1.31. The van der Waals surface area contributed by atoms with Crippen molar-refractivity contribution in [1.82, 2.24) is 4.31 Å². The second-order valence-electron chi connectivity index (χ2n) is 2.73. The van der Waals surface area contributed by atoms with Gasteiger partial charge in [0.2, 0.25) is 0 Å². The van der Waals surface area contributed by atoms with E-state index in [0.717, 1.165) is 0 Å². The van der Waals surface area contributed by atoms with E-state index in [-0.39, 0.29) is 0 Å². The molecule has 0 aromatic carbocycles. The van der Waals surface area contributed by atoms with Crippen LogP contribution in [-0.4, -0.2) is 25.8 Å². The molecule has 2 heterocycles. The minimum Gasteiger partial charge on any atom is -0.206 e. The molecule has 0 fully saturated rings. The molecule has 0 N–H and O–H groups in total. The Bertz CT molecular complexity index is 397. The van der Waals surface area contributed by atoms with Gasteiger partial charge >= 0.3 is 0 Å². The topological polar surface area (TPSA) is 37.4 Å². The van der Waals surface area contributed by atoms with Crippen LogP contribution < -0.4 is 0 Å². The first-order valence-electron chi connectivity index (χ1n) is 3.90. The van der Waals surface area contributed by atoms with E-state index in [9.17, 15) is 8.42 Å². The van der Waals surface area contributed by atoms with E-state index in [1.54, 1.807) is 17.5 Å². The van der Waals surface area contributed by atoms with Gasteiger partial charge in [-0.25, -0.2) is 8.42 Å². The van der Waals surface area contributed by atoms with E-state index in [1.807, 2.05) is 12.2 Å². The molecule has 13 heavy (non-hydrogen) atoms. The van der Waals surface area contributed by atoms with E-state index in [2.05, 4.69) is 0 Å². The molecular weight excluding hydrogens is 206 g/mol. The Kier molecular flexibility index (Phi) is 2.23. The molecule has 70 valence electrons. The first-order valence-corrected chi connectivity index (χ1v) is 6.22. The molecule has 1 aromatic rings. The van der Waals surface area contributed by atoms with Crippen molar-refractivity contribution >= 4 is 21.4 Å². The number of sulfonamides is 1. The summed E-state index contributed by atoms with van der Waals surface area (Å²) >= 11 is 1.26. The van der Waals surface area contributed by atoms with E-state index in [0.29, 0.717) is 17.3 Å². The fourth-order valence-corrected chi connectivity index (χ4v) is 3.68. The number of nitrogens with zero attached hydrogens (tertiary/aromatic N) is 1. The monoisotopic (exact) mass is 215 g/mol. The van der Waals surface area contributed by atoms with Crippen molar-refractivity contribution in [3.63, 3.8) is 0 Å². The fraction of sp³-hybridized carbons (Fsp3) is 0.250. The van der Waals surface area contributed by atoms with Gasteiger partial charge in [0.25, 0.3) is 10.0 Å². The fourth-order valence-electron chi connectivity index (χ4n) is 1.19. The van der Waals surface area contributed by atoms with Crippen LogP contribution in [0.1, 0.15) is 0 Å². The SMILES string of the molecule is O=S(=O)(c1cccs1)N1CC=CC1. The van der Waals surface area contributed by atoms with E-state index < -0.39 is 10.0 Å². The summed E-state index contributed by atoms with van der Waals surface area (Å²) in [5.41, 5.74) is 0. The molecule has 3 nitrogen and oxygen atoms in total. The lowest BCUT2D eigenvalue weighted by Gasteiger charge is -2.13. The van der Waals surface area contributed by atoms with Gasteiger partial charge in [0.15, 0.2) is 0 Å². The third kappa shape index (κ3) is 1.54. The highest BCUT2D eigenvalue weighted by Crippen LogP contribution is 2.21. The summed E-state index contributed by atoms with van der Waals surface area (Å²) in [5, 5.41) is 1.77. The Morgan fingerprint density at radius 1 is 1.31 bits per heavy atom. The molecule has 1 aliphatic rings. The molecule has 0 bridgehead atoms. The van der Waals surface area contributed by atoms with Crippen LogP contribution in [0.15, 0.2) is 33.9 Å². The van der Waals surface area contributed by atoms with Gasteiger partial charge in [-0.2, -0.15) is 4.31 Å². The summed E-state index contributed by atoms with van der Waals surface area (Å²) in [4.78, 5) is 0. The van der Waals surface area contributed by atoms with E-state index in [1.165, 1.54) is 15.6 Å². The third-order valence-corrected chi connectivity index (χ3v) is 5.08. The average Bonchev–Trinajstić information content (AvgIpc) is 2.78. The Labute approximate surface area is 81.4 Å². The molecule has 0 unspecified atom stereocenters. The predicted molar refractivity (Wildman–Crippen MR) is 52.2 cm³/mol. The van der Waals surface area contributed by atoms with Gasteiger partial charge < -0.3 is 0 Å². The highest BCUT2D eigenvalue weighted by Gasteiger charge is 2.25. The smallest absolute Gasteiger partial charge is 0.206 e. The number of hydrogen-bond donors (Lipinski definition) is 0. The maximum Gasteiger partial charge on any atom is 0.253 e. The molecule has 5 heteroatoms. The van der Waals surface area contributed by atoms with Crippen LogP contribution in [0.2, 0.25) is 0 Å². The van der Waals surface area contributed by atoms with Crippen LogP contribution in [0.3, 0.4) is 0 Å². The summed E-state index contributed by atoms with van der Waals surface area (Å²) in [5.74, 6) is 0. The Morgan fingerprint density at radius 3 is 2.54 bits per heavy atom. The Morgan fingerprint density at radius 2 is 2.00 bits per heavy atom. The van der Waals surface area contributed by atoms with Crippen molar-refractivity contribution in [2.45, 2.75) is 4.21 Å². The summed E-state index contributed by atoms with van der Waals surface area (Å²) in [6.45, 7) is 1.00. The number of hydrogen-bond acceptors (Lipinski definition) is 3. The standard InChI is InChI=1S/C8H9NO2S2/c10-13(11,8-4-3-7-12-8)9-5-1-2-6-9/h1-4,7H,5-6H2. The molecule has 0 saturated heterocycles. The lowest BCUT2D eigenvalue weighted by atomic mass is 10.6. The minimum absolute atomic E-state index is 0.427. The summed E-state index contributed by atoms with van der Waals surface area (Å²) in [6.07, 6.45) is 3.73. The molecule has 0 amide bonds. The molecule has 2 rings (SSSR count). The average molecular weight is 215 g/mol. The van der Waals surface area contributed by atoms with Crippen molar-refractivity contribution in [2.75, 3.05) is 13.1 Å². The Hall–Kier alpha value is -0.650. The summed E-state index contributed by atoms with van der Waals surface area (Å²) < 4.78 is 25.5. The maximum absolute atomic E-state index is 11.8. The van der Waals surface area contributed by atoms with Gasteiger partial charge in [-0.1, -0.05) is 18.2 Å². The van der Waals surface area contributed by atoms with Gasteiger partial charge in [-0.15, -0.1) is 11.3 Å². The molecule has 0 aliphatic carbocycles. The lowest BCUT2D eigenvalue weighted by molar-refractivity contribution is 0.490. The van der Waals surface area contributed by atoms with Crippen LogP contribution >= 0.6 is 11.3 Å². The van der Waals surface area contributed by atoms with Crippen molar-refractivity contribution in [3.05, 3.63) is 29.7 Å². The van der Waals surface area contributed by atoms with Gasteiger partial charge in [0, 0.05) is 13.1 Å². The van der Waals surface area contributed by atoms with Crippen LogP contribution in [-0.2, 0) is 10.0 Å². The van der Waals surface area contributed by atoms with Crippen molar-refractivity contribution in [3.8, 4) is 0 Å². The maximum atomic E-state index is 11.8. The van der Waals surface area contributed by atoms with Crippen molar-refractivity contribution in [2.24, 2.45) is 0 Å². The molecule has 0 spiro atoms. The van der Waals surface area contributed by atoms with Crippen molar-refractivity contribution < 1.29 is 8.42 Å². The quantitative estimate of drug-likeness (QED) is 0.697. The van der Waals surface area contributed by atoms with Crippen LogP contribution in [0.4, 0.5) is 0 Å². The van der Waals surface area contributed by atoms with Gasteiger partial charge in [0.1, 0.15) is 4.21 Å². The van der Waals surface area contributed by atoms with Gasteiger partial charge in [-0.3, -0.25) is 0 Å². The highest BCUT2D eigenvalue weighted by molar-refractivity contribution is 7.91. The molecule has 1 aliphatic heterocycles. The summed E-state index contributed by atoms with van der Waals surface area (Å²) in [6, 6.07) is 3.39. The second kappa shape index (κ2) is 3.25. The van der Waals surface area contributed by atoms with Crippen LogP contribution in [0, 0.1) is 0 Å². The molecule has 0 radical (unpaired) electrons. The van der Waals surface area contributed by atoms with E-state index in [4.69, 9.17) is 0 Å². The van der Waals surface area contributed by atoms with Crippen molar-refractivity contribution in [1.29, 1.82) is 0 Å². The zero-order valence-corrected chi connectivity index (χ0v) is 8.51. The lowest BCUT2D eigenvalue weighted by Crippen LogP contribution is -2.27. The first-order chi connectivity index (χ1) is 6.21. The van der Waals surface area contributed by atoms with Gasteiger partial charge in [-0.05, 0) is 11.4 Å². The third-order valence-electron chi connectivity index (χ3n) is 1.87. The molecule has 0 atom stereocenters. The minimum atomic E-state index is -3.21. The molecule has 1 aromatic heterocycles. The normalized spacial score (nSPS) is 18.2. The van der Waals surface area contributed by atoms with Crippen LogP contribution in [0.25, 0.3) is 0 Å². The highest BCUT2D eigenvalue weighted by atomic mass is 32.2. The van der Waals surface area contributed by atoms with Crippen LogP contribution in [0.5, 0.6) is 0 Å². The molecule has 0 saturated carbocycles. The number of rotatable bonds is 2. The van der Waals surface area contributed by atoms with Gasteiger partial charge in [0.05, 0.1) is 0 Å². The zero-order valence-electron chi connectivity index (χ0n) is 6.88. The number of thiophene rings is 1. The Balaban J connectivity index is 2.32. The molecular formula is C8H9NO2S2. The largest absolute Gasteiger partial charge is 0.253 e. The second-order valence-corrected chi connectivity index (χ2v) is 5.84. The van der Waals surface area contributed by atoms with E-state index >= 15 is 0 Å². The summed E-state index contributed by atoms with van der Waals surface area (Å²) in [7, 11) is -3.21. The zero-order chi connectivity index (χ0) is 9.31. The first kappa shape index (κ1) is 8.93.